The third-order valence-electron chi connectivity index (χ3n) is 2.40. The summed E-state index contributed by atoms with van der Waals surface area (Å²) in [4.78, 5) is 32.5. The van der Waals surface area contributed by atoms with Crippen LogP contribution in [0.15, 0.2) is 18.2 Å². The number of alkyl halides is 3. The molecule has 1 aromatic rings. The molecule has 0 aliphatic heterocycles. The van der Waals surface area contributed by atoms with Crippen molar-refractivity contribution in [2.75, 3.05) is 11.9 Å². The zero-order valence-electron chi connectivity index (χ0n) is 11.2. The highest BCUT2D eigenvalue weighted by atomic mass is 19.4. The molecule has 0 aliphatic carbocycles. The average molecular weight is 331 g/mol. The molecule has 0 bridgehead atoms. The summed E-state index contributed by atoms with van der Waals surface area (Å²) in [5.41, 5.74) is -2.86. The van der Waals surface area contributed by atoms with Gasteiger partial charge in [-0.2, -0.15) is 18.4 Å². The number of benzene rings is 1. The normalized spacial score (nSPS) is 10.5. The first kappa shape index (κ1) is 17.9. The molecule has 0 aliphatic rings. The SMILES string of the molecule is N#CCCOC(=O)C(=O)Nc1cc(C(F)(F)F)ccc1[N+](=O)[O-]. The fourth-order valence-electron chi connectivity index (χ4n) is 1.40. The van der Waals surface area contributed by atoms with E-state index in [1.165, 1.54) is 0 Å². The Balaban J connectivity index is 3.01. The number of hydrogen-bond acceptors (Lipinski definition) is 6. The van der Waals surface area contributed by atoms with E-state index >= 15 is 0 Å². The predicted octanol–water partition coefficient (Wildman–Crippen LogP) is 2.01. The minimum atomic E-state index is -4.79. The maximum Gasteiger partial charge on any atom is 0.416 e. The van der Waals surface area contributed by atoms with Crippen molar-refractivity contribution in [1.82, 2.24) is 0 Å². The number of halogens is 3. The van der Waals surface area contributed by atoms with Gasteiger partial charge in [-0.3, -0.25) is 14.9 Å². The molecular formula is C12H8F3N3O5. The topological polar surface area (TPSA) is 122 Å². The molecule has 0 atom stereocenters. The highest BCUT2D eigenvalue weighted by Crippen LogP contribution is 2.34. The molecular weight excluding hydrogens is 323 g/mol. The summed E-state index contributed by atoms with van der Waals surface area (Å²) in [6.45, 7) is -0.395. The minimum Gasteiger partial charge on any atom is -0.457 e. The molecule has 23 heavy (non-hydrogen) atoms. The van der Waals surface area contributed by atoms with E-state index in [0.717, 1.165) is 0 Å². The van der Waals surface area contributed by atoms with Gasteiger partial charge in [-0.25, -0.2) is 4.79 Å². The Morgan fingerprint density at radius 1 is 1.39 bits per heavy atom. The number of nitrogens with zero attached hydrogens (tertiary/aromatic N) is 2. The van der Waals surface area contributed by atoms with Gasteiger partial charge in [-0.1, -0.05) is 0 Å². The first-order chi connectivity index (χ1) is 10.7. The van der Waals surface area contributed by atoms with Gasteiger partial charge in [0, 0.05) is 6.07 Å². The molecule has 0 heterocycles. The lowest BCUT2D eigenvalue weighted by molar-refractivity contribution is -0.384. The maximum atomic E-state index is 12.6. The van der Waals surface area contributed by atoms with E-state index in [0.29, 0.717) is 18.2 Å². The van der Waals surface area contributed by atoms with Crippen LogP contribution >= 0.6 is 0 Å². The van der Waals surface area contributed by atoms with Crippen molar-refractivity contribution in [3.05, 3.63) is 33.9 Å². The molecule has 8 nitrogen and oxygen atoms in total. The lowest BCUT2D eigenvalue weighted by Gasteiger charge is -2.10. The zero-order valence-corrected chi connectivity index (χ0v) is 11.2. The number of nitro groups is 1. The Labute approximate surface area is 126 Å². The van der Waals surface area contributed by atoms with Gasteiger partial charge in [0.2, 0.25) is 0 Å². The third-order valence-corrected chi connectivity index (χ3v) is 2.40. The van der Waals surface area contributed by atoms with Gasteiger partial charge in [-0.15, -0.1) is 0 Å². The quantitative estimate of drug-likeness (QED) is 0.296. The second-order valence-corrected chi connectivity index (χ2v) is 3.98. The number of anilines is 1. The summed E-state index contributed by atoms with van der Waals surface area (Å²) in [6.07, 6.45) is -4.98. The molecule has 1 amide bonds. The van der Waals surface area contributed by atoms with Crippen LogP contribution in [0.5, 0.6) is 0 Å². The average Bonchev–Trinajstić information content (AvgIpc) is 2.46. The number of carbonyl (C=O) groups excluding carboxylic acids is 2. The molecule has 11 heteroatoms. The summed E-state index contributed by atoms with van der Waals surface area (Å²) in [5, 5.41) is 20.7. The van der Waals surface area contributed by atoms with Gasteiger partial charge in [0.1, 0.15) is 12.3 Å². The fraction of sp³-hybridized carbons (Fsp3) is 0.250. The van der Waals surface area contributed by atoms with E-state index in [2.05, 4.69) is 4.74 Å². The first-order valence-electron chi connectivity index (χ1n) is 5.87. The fourth-order valence-corrected chi connectivity index (χ4v) is 1.40. The number of nitriles is 1. The van der Waals surface area contributed by atoms with Crippen LogP contribution in [-0.4, -0.2) is 23.4 Å². The van der Waals surface area contributed by atoms with Gasteiger partial charge in [0.25, 0.3) is 5.69 Å². The van der Waals surface area contributed by atoms with E-state index < -0.39 is 46.5 Å². The second kappa shape index (κ2) is 7.21. The summed E-state index contributed by atoms with van der Waals surface area (Å²) < 4.78 is 42.1. The van der Waals surface area contributed by atoms with Crippen LogP contribution < -0.4 is 5.32 Å². The van der Waals surface area contributed by atoms with E-state index in [-0.39, 0.29) is 6.42 Å². The highest BCUT2D eigenvalue weighted by molar-refractivity contribution is 6.37. The van der Waals surface area contributed by atoms with E-state index in [1.54, 1.807) is 11.4 Å². The minimum absolute atomic E-state index is 0.192. The van der Waals surface area contributed by atoms with Gasteiger partial charge >= 0.3 is 18.1 Å². The van der Waals surface area contributed by atoms with E-state index in [4.69, 9.17) is 5.26 Å². The zero-order chi connectivity index (χ0) is 17.6. The Morgan fingerprint density at radius 2 is 2.04 bits per heavy atom. The number of amides is 1. The van der Waals surface area contributed by atoms with Crippen LogP contribution in [0, 0.1) is 21.4 Å². The summed E-state index contributed by atoms with van der Waals surface area (Å²) in [5.74, 6) is -2.97. The molecule has 0 fully saturated rings. The van der Waals surface area contributed by atoms with Crippen molar-refractivity contribution in [2.45, 2.75) is 12.6 Å². The molecule has 0 saturated carbocycles. The Bertz CT molecular complexity index is 681. The highest BCUT2D eigenvalue weighted by Gasteiger charge is 2.33. The molecule has 1 aromatic carbocycles. The van der Waals surface area contributed by atoms with Gasteiger partial charge in [0.05, 0.1) is 23.0 Å². The Morgan fingerprint density at radius 3 is 2.57 bits per heavy atom. The third kappa shape index (κ3) is 4.95. The molecule has 1 N–H and O–H groups in total. The number of rotatable bonds is 4. The molecule has 0 radical (unpaired) electrons. The van der Waals surface area contributed by atoms with Crippen LogP contribution in [0.4, 0.5) is 24.5 Å². The standard InChI is InChI=1S/C12H8F3N3O5/c13-12(14,15)7-2-3-9(18(21)22)8(6-7)17-10(19)11(20)23-5-1-4-16/h2-3,6H,1,5H2,(H,17,19). The van der Waals surface area contributed by atoms with Gasteiger partial charge in [0.15, 0.2) is 0 Å². The smallest absolute Gasteiger partial charge is 0.416 e. The van der Waals surface area contributed by atoms with Crippen molar-refractivity contribution in [3.63, 3.8) is 0 Å². The Kier molecular flexibility index (Phi) is 5.61. The lowest BCUT2D eigenvalue weighted by atomic mass is 10.1. The van der Waals surface area contributed by atoms with Crippen LogP contribution in [-0.2, 0) is 20.5 Å². The number of carbonyl (C=O) groups is 2. The number of esters is 1. The maximum absolute atomic E-state index is 12.6. The molecule has 0 aromatic heterocycles. The molecule has 0 saturated heterocycles. The summed E-state index contributed by atoms with van der Waals surface area (Å²) in [7, 11) is 0. The number of nitrogens with one attached hydrogen (secondary N) is 1. The van der Waals surface area contributed by atoms with Crippen molar-refractivity contribution in [2.24, 2.45) is 0 Å². The summed E-state index contributed by atoms with van der Waals surface area (Å²) >= 11 is 0. The monoisotopic (exact) mass is 331 g/mol. The van der Waals surface area contributed by atoms with Crippen molar-refractivity contribution >= 4 is 23.3 Å². The largest absolute Gasteiger partial charge is 0.457 e. The van der Waals surface area contributed by atoms with Crippen LogP contribution in [0.3, 0.4) is 0 Å². The van der Waals surface area contributed by atoms with Crippen LogP contribution in [0.2, 0.25) is 0 Å². The first-order valence-corrected chi connectivity index (χ1v) is 5.87. The molecule has 0 spiro atoms. The van der Waals surface area contributed by atoms with Crippen molar-refractivity contribution < 1.29 is 32.4 Å². The summed E-state index contributed by atoms with van der Waals surface area (Å²) in [6, 6.07) is 2.99. The number of hydrogen-bond donors (Lipinski definition) is 1. The van der Waals surface area contributed by atoms with Crippen LogP contribution in [0.25, 0.3) is 0 Å². The van der Waals surface area contributed by atoms with Crippen molar-refractivity contribution in [1.29, 1.82) is 5.26 Å². The predicted molar refractivity (Wildman–Crippen MR) is 67.9 cm³/mol. The molecule has 1 rings (SSSR count). The van der Waals surface area contributed by atoms with Gasteiger partial charge in [-0.05, 0) is 12.1 Å². The molecule has 0 unspecified atom stereocenters. The van der Waals surface area contributed by atoms with Crippen LogP contribution in [0.1, 0.15) is 12.0 Å². The second-order valence-electron chi connectivity index (χ2n) is 3.98. The lowest BCUT2D eigenvalue weighted by Crippen LogP contribution is -2.26. The van der Waals surface area contributed by atoms with E-state index in [9.17, 15) is 32.9 Å². The van der Waals surface area contributed by atoms with Crippen molar-refractivity contribution in [3.8, 4) is 6.07 Å². The number of ether oxygens (including phenoxy) is 1. The number of nitro benzene ring substituents is 1. The Hall–Kier alpha value is -3.16. The van der Waals surface area contributed by atoms with Gasteiger partial charge < -0.3 is 10.1 Å². The molecule has 122 valence electrons. The van der Waals surface area contributed by atoms with E-state index in [1.807, 2.05) is 0 Å².